The van der Waals surface area contributed by atoms with Crippen LogP contribution in [-0.4, -0.2) is 26.4 Å². The van der Waals surface area contributed by atoms with Gasteiger partial charge in [-0.3, -0.25) is 4.79 Å². The van der Waals surface area contributed by atoms with Crippen LogP contribution in [0.2, 0.25) is 5.02 Å². The van der Waals surface area contributed by atoms with Gasteiger partial charge in [0.2, 0.25) is 5.91 Å². The van der Waals surface area contributed by atoms with E-state index in [1.165, 1.54) is 22.9 Å². The molecule has 2 aromatic carbocycles. The molecule has 152 valence electrons. The van der Waals surface area contributed by atoms with E-state index in [0.717, 1.165) is 11.3 Å². The van der Waals surface area contributed by atoms with E-state index in [4.69, 9.17) is 16.3 Å². The zero-order valence-corrected chi connectivity index (χ0v) is 18.4. The molecule has 0 atom stereocenters. The molecule has 0 bridgehead atoms. The van der Waals surface area contributed by atoms with E-state index < -0.39 is 0 Å². The first kappa shape index (κ1) is 21.2. The third-order valence-electron chi connectivity index (χ3n) is 4.65. The molecule has 0 saturated heterocycles. The number of halogens is 1. The number of thioether (sulfide) groups is 1. The molecule has 0 fully saturated rings. The number of nitrogens with zero attached hydrogens (tertiary/aromatic N) is 3. The standard InChI is InChI=1S/C21H23ClN4O2S/c1-13-8-9-16(10-14(13)2)28-11-19-24-25-21(26(19)4)29-12-20(27)23-18-7-5-6-17(22)15(18)3/h5-10H,11-12H2,1-4H3,(H,23,27). The highest BCUT2D eigenvalue weighted by Gasteiger charge is 2.13. The largest absolute Gasteiger partial charge is 0.486 e. The van der Waals surface area contributed by atoms with E-state index in [-0.39, 0.29) is 11.7 Å². The van der Waals surface area contributed by atoms with Crippen LogP contribution in [0.4, 0.5) is 5.69 Å². The summed E-state index contributed by atoms with van der Waals surface area (Å²) in [6.45, 7) is 6.29. The number of nitrogens with one attached hydrogen (secondary N) is 1. The van der Waals surface area contributed by atoms with Crippen molar-refractivity contribution in [3.63, 3.8) is 0 Å². The molecule has 0 radical (unpaired) electrons. The van der Waals surface area contributed by atoms with Gasteiger partial charge in [0, 0.05) is 17.8 Å². The van der Waals surface area contributed by atoms with Gasteiger partial charge in [0.25, 0.3) is 0 Å². The molecule has 0 aliphatic heterocycles. The van der Waals surface area contributed by atoms with Gasteiger partial charge in [-0.25, -0.2) is 0 Å². The minimum atomic E-state index is -0.128. The summed E-state index contributed by atoms with van der Waals surface area (Å²) in [6.07, 6.45) is 0. The number of benzene rings is 2. The molecular formula is C21H23ClN4O2S. The Kier molecular flexibility index (Phi) is 6.82. The maximum absolute atomic E-state index is 12.3. The lowest BCUT2D eigenvalue weighted by molar-refractivity contribution is -0.113. The van der Waals surface area contributed by atoms with Gasteiger partial charge in [0.05, 0.1) is 5.75 Å². The van der Waals surface area contributed by atoms with Gasteiger partial charge in [-0.1, -0.05) is 35.5 Å². The number of hydrogen-bond donors (Lipinski definition) is 1. The minimum Gasteiger partial charge on any atom is -0.486 e. The molecule has 1 aromatic heterocycles. The molecular weight excluding hydrogens is 408 g/mol. The Hall–Kier alpha value is -2.51. The molecule has 0 unspecified atom stereocenters. The summed E-state index contributed by atoms with van der Waals surface area (Å²) in [6, 6.07) is 11.4. The normalized spacial score (nSPS) is 10.8. The van der Waals surface area contributed by atoms with Crippen molar-refractivity contribution < 1.29 is 9.53 Å². The number of hydrogen-bond acceptors (Lipinski definition) is 5. The van der Waals surface area contributed by atoms with Crippen molar-refractivity contribution in [3.05, 3.63) is 63.9 Å². The lowest BCUT2D eigenvalue weighted by atomic mass is 10.1. The molecule has 6 nitrogen and oxygen atoms in total. The van der Waals surface area contributed by atoms with Gasteiger partial charge >= 0.3 is 0 Å². The zero-order valence-electron chi connectivity index (χ0n) is 16.8. The van der Waals surface area contributed by atoms with Gasteiger partial charge in [-0.2, -0.15) is 0 Å². The number of carbonyl (C=O) groups is 1. The van der Waals surface area contributed by atoms with Crippen LogP contribution in [0.3, 0.4) is 0 Å². The van der Waals surface area contributed by atoms with Crippen LogP contribution in [-0.2, 0) is 18.4 Å². The van der Waals surface area contributed by atoms with E-state index in [9.17, 15) is 4.79 Å². The molecule has 29 heavy (non-hydrogen) atoms. The van der Waals surface area contributed by atoms with Crippen LogP contribution in [0.15, 0.2) is 41.6 Å². The van der Waals surface area contributed by atoms with Crippen LogP contribution in [0.25, 0.3) is 0 Å². The van der Waals surface area contributed by atoms with Crippen molar-refractivity contribution >= 4 is 35.0 Å². The van der Waals surface area contributed by atoms with Crippen LogP contribution < -0.4 is 10.1 Å². The third-order valence-corrected chi connectivity index (χ3v) is 6.08. The fourth-order valence-corrected chi connectivity index (χ4v) is 3.51. The molecule has 0 saturated carbocycles. The van der Waals surface area contributed by atoms with E-state index >= 15 is 0 Å². The molecule has 0 aliphatic carbocycles. The number of amides is 1. The van der Waals surface area contributed by atoms with Crippen molar-refractivity contribution in [2.75, 3.05) is 11.1 Å². The average molecular weight is 431 g/mol. The maximum Gasteiger partial charge on any atom is 0.234 e. The smallest absolute Gasteiger partial charge is 0.234 e. The SMILES string of the molecule is Cc1ccc(OCc2nnc(SCC(=O)Nc3cccc(Cl)c3C)n2C)cc1C. The highest BCUT2D eigenvalue weighted by Crippen LogP contribution is 2.24. The Morgan fingerprint density at radius 2 is 1.97 bits per heavy atom. The Bertz CT molecular complexity index is 1040. The molecule has 1 amide bonds. The van der Waals surface area contributed by atoms with E-state index in [2.05, 4.69) is 29.4 Å². The van der Waals surface area contributed by atoms with Crippen LogP contribution in [0.1, 0.15) is 22.5 Å². The second kappa shape index (κ2) is 9.33. The molecule has 1 heterocycles. The van der Waals surface area contributed by atoms with Crippen LogP contribution in [0.5, 0.6) is 5.75 Å². The van der Waals surface area contributed by atoms with Gasteiger partial charge in [0.1, 0.15) is 12.4 Å². The van der Waals surface area contributed by atoms with Crippen LogP contribution in [0, 0.1) is 20.8 Å². The summed E-state index contributed by atoms with van der Waals surface area (Å²) in [5.74, 6) is 1.57. The average Bonchev–Trinajstić information content (AvgIpc) is 3.04. The number of aryl methyl sites for hydroxylation is 2. The van der Waals surface area contributed by atoms with E-state index in [1.807, 2.05) is 48.9 Å². The number of ether oxygens (including phenoxy) is 1. The number of rotatable bonds is 7. The summed E-state index contributed by atoms with van der Waals surface area (Å²) in [4.78, 5) is 12.3. The van der Waals surface area contributed by atoms with E-state index in [0.29, 0.717) is 28.3 Å². The lowest BCUT2D eigenvalue weighted by Gasteiger charge is -2.10. The quantitative estimate of drug-likeness (QED) is 0.550. The molecule has 8 heteroatoms. The second-order valence-corrected chi connectivity index (χ2v) is 8.09. The maximum atomic E-state index is 12.3. The zero-order chi connectivity index (χ0) is 21.0. The Balaban J connectivity index is 1.55. The van der Waals surface area contributed by atoms with Gasteiger partial charge in [0.15, 0.2) is 11.0 Å². The van der Waals surface area contributed by atoms with Crippen molar-refractivity contribution in [2.24, 2.45) is 7.05 Å². The minimum absolute atomic E-state index is 0.128. The summed E-state index contributed by atoms with van der Waals surface area (Å²) < 4.78 is 7.66. The Morgan fingerprint density at radius 3 is 2.72 bits per heavy atom. The highest BCUT2D eigenvalue weighted by atomic mass is 35.5. The van der Waals surface area contributed by atoms with Crippen molar-refractivity contribution in [3.8, 4) is 5.75 Å². The number of anilines is 1. The van der Waals surface area contributed by atoms with Crippen molar-refractivity contribution in [2.45, 2.75) is 32.5 Å². The van der Waals surface area contributed by atoms with Gasteiger partial charge in [-0.05, 0) is 61.7 Å². The molecule has 0 spiro atoms. The Labute approximate surface area is 179 Å². The second-order valence-electron chi connectivity index (χ2n) is 6.74. The monoisotopic (exact) mass is 430 g/mol. The molecule has 3 rings (SSSR count). The third kappa shape index (κ3) is 5.31. The lowest BCUT2D eigenvalue weighted by Crippen LogP contribution is -2.15. The van der Waals surface area contributed by atoms with Gasteiger partial charge < -0.3 is 14.6 Å². The summed E-state index contributed by atoms with van der Waals surface area (Å²) >= 11 is 7.41. The predicted octanol–water partition coefficient (Wildman–Crippen LogP) is 4.70. The molecule has 3 aromatic rings. The first-order chi connectivity index (χ1) is 13.8. The predicted molar refractivity (Wildman–Crippen MR) is 117 cm³/mol. The Morgan fingerprint density at radius 1 is 1.17 bits per heavy atom. The topological polar surface area (TPSA) is 69.0 Å². The van der Waals surface area contributed by atoms with Crippen molar-refractivity contribution in [1.29, 1.82) is 0 Å². The summed E-state index contributed by atoms with van der Waals surface area (Å²) in [5.41, 5.74) is 3.96. The first-order valence-electron chi connectivity index (χ1n) is 9.11. The summed E-state index contributed by atoms with van der Waals surface area (Å²) in [7, 11) is 1.86. The fraction of sp³-hybridized carbons (Fsp3) is 0.286. The highest BCUT2D eigenvalue weighted by molar-refractivity contribution is 7.99. The molecule has 1 N–H and O–H groups in total. The number of aromatic nitrogens is 3. The van der Waals surface area contributed by atoms with Crippen LogP contribution >= 0.6 is 23.4 Å². The van der Waals surface area contributed by atoms with Crippen molar-refractivity contribution in [1.82, 2.24) is 14.8 Å². The van der Waals surface area contributed by atoms with E-state index in [1.54, 1.807) is 6.07 Å². The van der Waals surface area contributed by atoms with Gasteiger partial charge in [-0.15, -0.1) is 10.2 Å². The first-order valence-corrected chi connectivity index (χ1v) is 10.5. The fourth-order valence-electron chi connectivity index (χ4n) is 2.61. The summed E-state index contributed by atoms with van der Waals surface area (Å²) in [5, 5.41) is 12.5. The number of carbonyl (C=O) groups excluding carboxylic acids is 1. The molecule has 0 aliphatic rings.